The predicted octanol–water partition coefficient (Wildman–Crippen LogP) is -1.69. The van der Waals surface area contributed by atoms with E-state index in [0.29, 0.717) is 19.2 Å². The number of halogens is 2. The van der Waals surface area contributed by atoms with Gasteiger partial charge in [-0.05, 0) is 12.1 Å². The van der Waals surface area contributed by atoms with Crippen molar-refractivity contribution in [2.24, 2.45) is 0 Å². The number of hydrogen-bond donors (Lipinski definition) is 3. The van der Waals surface area contributed by atoms with Crippen molar-refractivity contribution in [2.75, 3.05) is 39.8 Å². The van der Waals surface area contributed by atoms with Crippen molar-refractivity contribution < 1.29 is 31.7 Å². The molecule has 0 bridgehead atoms. The maximum absolute atomic E-state index is 13.8. The number of amides is 3. The zero-order valence-corrected chi connectivity index (χ0v) is 14.3. The standard InChI is InChI=1S/C14H18F2N4O4S/c1-17-14(22)18-13(21)9-19-4-6-20(7-5-19)25(23,24)12-3-2-10(15)8-11(12)16/h2-3,8H,4-7,9H2,1H3,(H2,17,18,21,22)/p+1. The van der Waals surface area contributed by atoms with E-state index in [2.05, 4.69) is 10.6 Å². The van der Waals surface area contributed by atoms with Crippen LogP contribution in [-0.2, 0) is 14.8 Å². The Bertz CT molecular complexity index is 764. The van der Waals surface area contributed by atoms with Gasteiger partial charge in [-0.25, -0.2) is 22.0 Å². The Hall–Kier alpha value is -2.11. The third kappa shape index (κ3) is 4.71. The van der Waals surface area contributed by atoms with Gasteiger partial charge in [-0.1, -0.05) is 0 Å². The van der Waals surface area contributed by atoms with E-state index in [1.807, 2.05) is 0 Å². The quantitative estimate of drug-likeness (QED) is 0.583. The van der Waals surface area contributed by atoms with E-state index in [0.717, 1.165) is 21.3 Å². The second-order valence-corrected chi connectivity index (χ2v) is 7.44. The molecule has 1 aromatic rings. The van der Waals surface area contributed by atoms with Crippen LogP contribution in [0, 0.1) is 11.6 Å². The number of carbonyl (C=O) groups excluding carboxylic acids is 2. The first-order chi connectivity index (χ1) is 11.7. The summed E-state index contributed by atoms with van der Waals surface area (Å²) >= 11 is 0. The van der Waals surface area contributed by atoms with E-state index in [-0.39, 0.29) is 19.6 Å². The van der Waals surface area contributed by atoms with Gasteiger partial charge in [0.05, 0.1) is 26.2 Å². The number of piperazine rings is 1. The fraction of sp³-hybridized carbons (Fsp3) is 0.429. The number of quaternary nitrogens is 1. The van der Waals surface area contributed by atoms with Crippen molar-refractivity contribution in [2.45, 2.75) is 4.90 Å². The van der Waals surface area contributed by atoms with Crippen LogP contribution in [0.5, 0.6) is 0 Å². The van der Waals surface area contributed by atoms with E-state index in [9.17, 15) is 26.8 Å². The molecule has 1 saturated heterocycles. The summed E-state index contributed by atoms with van der Waals surface area (Å²) in [5.41, 5.74) is 0. The van der Waals surface area contributed by atoms with Crippen LogP contribution in [0.2, 0.25) is 0 Å². The number of urea groups is 1. The summed E-state index contributed by atoms with van der Waals surface area (Å²) in [4.78, 5) is 22.9. The first-order valence-electron chi connectivity index (χ1n) is 7.54. The summed E-state index contributed by atoms with van der Waals surface area (Å²) in [5, 5.41) is 4.39. The van der Waals surface area contributed by atoms with Gasteiger partial charge < -0.3 is 10.2 Å². The van der Waals surface area contributed by atoms with E-state index in [1.54, 1.807) is 0 Å². The molecule has 0 saturated carbocycles. The van der Waals surface area contributed by atoms with Gasteiger partial charge in [-0.2, -0.15) is 4.31 Å². The van der Waals surface area contributed by atoms with Gasteiger partial charge in [0.2, 0.25) is 10.0 Å². The Balaban J connectivity index is 1.97. The van der Waals surface area contributed by atoms with Crippen LogP contribution in [0.1, 0.15) is 0 Å². The summed E-state index contributed by atoms with van der Waals surface area (Å²) < 4.78 is 52.7. The zero-order chi connectivity index (χ0) is 18.6. The Labute approximate surface area is 143 Å². The number of carbonyl (C=O) groups is 2. The second kappa shape index (κ2) is 7.85. The molecule has 0 unspecified atom stereocenters. The van der Waals surface area contributed by atoms with Gasteiger partial charge >= 0.3 is 6.03 Å². The molecular weight excluding hydrogens is 358 g/mol. The highest BCUT2D eigenvalue weighted by atomic mass is 32.2. The summed E-state index contributed by atoms with van der Waals surface area (Å²) in [6.45, 7) is 0.835. The van der Waals surface area contributed by atoms with Gasteiger partial charge in [0.25, 0.3) is 5.91 Å². The number of imide groups is 1. The fourth-order valence-corrected chi connectivity index (χ4v) is 3.99. The lowest BCUT2D eigenvalue weighted by atomic mass is 10.3. The molecular formula is C14H19F2N4O4S+. The number of hydrogen-bond acceptors (Lipinski definition) is 4. The molecule has 25 heavy (non-hydrogen) atoms. The highest BCUT2D eigenvalue weighted by Gasteiger charge is 2.33. The minimum absolute atomic E-state index is 0.0201. The maximum Gasteiger partial charge on any atom is 0.321 e. The maximum atomic E-state index is 13.8. The van der Waals surface area contributed by atoms with Crippen molar-refractivity contribution in [3.8, 4) is 0 Å². The molecule has 8 nitrogen and oxygen atoms in total. The normalized spacial score (nSPS) is 16.4. The highest BCUT2D eigenvalue weighted by Crippen LogP contribution is 2.20. The fourth-order valence-electron chi connectivity index (χ4n) is 2.50. The van der Waals surface area contributed by atoms with E-state index in [1.165, 1.54) is 7.05 Å². The molecule has 3 amide bonds. The van der Waals surface area contributed by atoms with Gasteiger partial charge in [0.1, 0.15) is 16.5 Å². The Kier molecular flexibility index (Phi) is 6.03. The predicted molar refractivity (Wildman–Crippen MR) is 83.3 cm³/mol. The summed E-state index contributed by atoms with van der Waals surface area (Å²) in [7, 11) is -2.69. The molecule has 11 heteroatoms. The molecule has 1 aliphatic heterocycles. The lowest BCUT2D eigenvalue weighted by molar-refractivity contribution is -0.895. The van der Waals surface area contributed by atoms with Crippen LogP contribution in [0.25, 0.3) is 0 Å². The summed E-state index contributed by atoms with van der Waals surface area (Å²) in [6, 6.07) is 1.70. The molecule has 0 radical (unpaired) electrons. The van der Waals surface area contributed by atoms with E-state index < -0.39 is 38.5 Å². The molecule has 1 aromatic carbocycles. The lowest BCUT2D eigenvalue weighted by Crippen LogP contribution is -3.15. The topological polar surface area (TPSA) is 100 Å². The molecule has 0 atom stereocenters. The van der Waals surface area contributed by atoms with E-state index in [4.69, 9.17) is 0 Å². The number of benzene rings is 1. The molecule has 0 spiro atoms. The van der Waals surface area contributed by atoms with Crippen LogP contribution in [-0.4, -0.2) is 64.4 Å². The zero-order valence-electron chi connectivity index (χ0n) is 13.5. The average Bonchev–Trinajstić information content (AvgIpc) is 2.54. The number of sulfonamides is 1. The molecule has 2 rings (SSSR count). The van der Waals surface area contributed by atoms with Crippen LogP contribution < -0.4 is 15.5 Å². The van der Waals surface area contributed by atoms with Crippen LogP contribution in [0.4, 0.5) is 13.6 Å². The molecule has 0 aliphatic carbocycles. The van der Waals surface area contributed by atoms with Crippen LogP contribution in [0.15, 0.2) is 23.1 Å². The number of nitrogens with one attached hydrogen (secondary N) is 3. The first-order valence-corrected chi connectivity index (χ1v) is 8.98. The third-order valence-electron chi connectivity index (χ3n) is 3.83. The molecule has 138 valence electrons. The molecule has 3 N–H and O–H groups in total. The summed E-state index contributed by atoms with van der Waals surface area (Å²) in [5.74, 6) is -2.47. The SMILES string of the molecule is CNC(=O)NC(=O)C[NH+]1CCN(S(=O)(=O)c2ccc(F)cc2F)CC1. The Morgan fingerprint density at radius 3 is 2.44 bits per heavy atom. The minimum atomic E-state index is -4.07. The van der Waals surface area contributed by atoms with Crippen LogP contribution >= 0.6 is 0 Å². The summed E-state index contributed by atoms with van der Waals surface area (Å²) in [6.07, 6.45) is 0. The van der Waals surface area contributed by atoms with Gasteiger partial charge in [-0.3, -0.25) is 10.1 Å². The van der Waals surface area contributed by atoms with Crippen molar-refractivity contribution in [1.29, 1.82) is 0 Å². The molecule has 1 aliphatic rings. The van der Waals surface area contributed by atoms with Crippen molar-refractivity contribution in [3.63, 3.8) is 0 Å². The number of nitrogens with zero attached hydrogens (tertiary/aromatic N) is 1. The molecule has 1 fully saturated rings. The average molecular weight is 377 g/mol. The minimum Gasteiger partial charge on any atom is -0.341 e. The van der Waals surface area contributed by atoms with Gasteiger partial charge in [-0.15, -0.1) is 0 Å². The van der Waals surface area contributed by atoms with Crippen molar-refractivity contribution in [3.05, 3.63) is 29.8 Å². The number of rotatable bonds is 4. The largest absolute Gasteiger partial charge is 0.341 e. The molecule has 1 heterocycles. The highest BCUT2D eigenvalue weighted by molar-refractivity contribution is 7.89. The van der Waals surface area contributed by atoms with Crippen molar-refractivity contribution in [1.82, 2.24) is 14.9 Å². The van der Waals surface area contributed by atoms with E-state index >= 15 is 0 Å². The third-order valence-corrected chi connectivity index (χ3v) is 5.76. The van der Waals surface area contributed by atoms with Gasteiger partial charge in [0.15, 0.2) is 6.54 Å². The van der Waals surface area contributed by atoms with Crippen LogP contribution in [0.3, 0.4) is 0 Å². The first kappa shape index (κ1) is 19.2. The molecule has 0 aromatic heterocycles. The second-order valence-electron chi connectivity index (χ2n) is 5.53. The smallest absolute Gasteiger partial charge is 0.321 e. The Morgan fingerprint density at radius 2 is 1.88 bits per heavy atom. The monoisotopic (exact) mass is 377 g/mol. The van der Waals surface area contributed by atoms with Crippen molar-refractivity contribution >= 4 is 22.0 Å². The van der Waals surface area contributed by atoms with Gasteiger partial charge in [0, 0.05) is 13.1 Å². The lowest BCUT2D eigenvalue weighted by Gasteiger charge is -2.31. The Morgan fingerprint density at radius 1 is 1.24 bits per heavy atom.